The van der Waals surface area contributed by atoms with E-state index < -0.39 is 0 Å². The van der Waals surface area contributed by atoms with Crippen LogP contribution in [-0.4, -0.2) is 28.5 Å². The fourth-order valence-electron chi connectivity index (χ4n) is 2.71. The zero-order valence-corrected chi connectivity index (χ0v) is 15.0. The van der Waals surface area contributed by atoms with E-state index in [4.69, 9.17) is 0 Å². The van der Waals surface area contributed by atoms with Gasteiger partial charge >= 0.3 is 0 Å². The van der Waals surface area contributed by atoms with Gasteiger partial charge in [-0.3, -0.25) is 14.2 Å². The third-order valence-corrected chi connectivity index (χ3v) is 4.86. The van der Waals surface area contributed by atoms with Crippen molar-refractivity contribution < 1.29 is 4.79 Å². The van der Waals surface area contributed by atoms with Gasteiger partial charge in [0.1, 0.15) is 11.4 Å². The molecule has 6 nitrogen and oxygen atoms in total. The Morgan fingerprint density at radius 1 is 1.20 bits per heavy atom. The third-order valence-electron chi connectivity index (χ3n) is 4.04. The van der Waals surface area contributed by atoms with Crippen LogP contribution < -0.4 is 15.8 Å². The highest BCUT2D eigenvalue weighted by molar-refractivity contribution is 7.16. The maximum Gasteiger partial charge on any atom is 0.262 e. The molecule has 0 bridgehead atoms. The number of hydrogen-bond acceptors (Lipinski definition) is 5. The van der Waals surface area contributed by atoms with Crippen LogP contribution in [0.1, 0.15) is 13.8 Å². The van der Waals surface area contributed by atoms with E-state index >= 15 is 0 Å². The number of fused-ring (bicyclic) bond motifs is 1. The molecule has 0 unspecified atom stereocenters. The summed E-state index contributed by atoms with van der Waals surface area (Å²) in [5, 5.41) is 5.18. The summed E-state index contributed by atoms with van der Waals surface area (Å²) in [7, 11) is 0. The molecular weight excluding hydrogens is 336 g/mol. The van der Waals surface area contributed by atoms with Crippen molar-refractivity contribution in [1.29, 1.82) is 0 Å². The molecule has 1 amide bonds. The van der Waals surface area contributed by atoms with E-state index in [2.05, 4.69) is 29.0 Å². The average Bonchev–Trinajstić information content (AvgIpc) is 3.09. The zero-order valence-electron chi connectivity index (χ0n) is 14.2. The van der Waals surface area contributed by atoms with Crippen LogP contribution in [0.4, 0.5) is 11.4 Å². The van der Waals surface area contributed by atoms with Gasteiger partial charge in [-0.25, -0.2) is 4.98 Å². The molecule has 1 aromatic carbocycles. The second kappa shape index (κ2) is 7.48. The van der Waals surface area contributed by atoms with E-state index in [0.29, 0.717) is 15.9 Å². The summed E-state index contributed by atoms with van der Waals surface area (Å²) in [4.78, 5) is 31.7. The molecule has 2 heterocycles. The average molecular weight is 356 g/mol. The van der Waals surface area contributed by atoms with Crippen molar-refractivity contribution in [3.8, 4) is 0 Å². The maximum atomic E-state index is 12.3. The Morgan fingerprint density at radius 2 is 1.92 bits per heavy atom. The Kier molecular flexibility index (Phi) is 5.14. The quantitative estimate of drug-likeness (QED) is 0.737. The standard InChI is InChI=1S/C18H20N4O2S/c1-3-21(4-2)14-7-5-13(6-8-14)20-16(23)11-22-12-19-17-15(18(22)24)9-10-25-17/h5-10,12H,3-4,11H2,1-2H3,(H,20,23). The van der Waals surface area contributed by atoms with Crippen LogP contribution in [0, 0.1) is 0 Å². The van der Waals surface area contributed by atoms with Crippen LogP contribution in [0.5, 0.6) is 0 Å². The highest BCUT2D eigenvalue weighted by atomic mass is 32.1. The van der Waals surface area contributed by atoms with Crippen LogP contribution >= 0.6 is 11.3 Å². The van der Waals surface area contributed by atoms with Crippen LogP contribution in [0.3, 0.4) is 0 Å². The molecule has 2 aromatic heterocycles. The fourth-order valence-corrected chi connectivity index (χ4v) is 3.43. The van der Waals surface area contributed by atoms with Crippen molar-refractivity contribution in [3.63, 3.8) is 0 Å². The first-order valence-corrected chi connectivity index (χ1v) is 9.07. The third kappa shape index (κ3) is 3.71. The van der Waals surface area contributed by atoms with Crippen LogP contribution in [0.2, 0.25) is 0 Å². The van der Waals surface area contributed by atoms with Crippen molar-refractivity contribution in [2.75, 3.05) is 23.3 Å². The molecular formula is C18H20N4O2S. The Bertz CT molecular complexity index is 926. The van der Waals surface area contributed by atoms with Gasteiger partial charge in [0.05, 0.1) is 11.7 Å². The molecule has 0 saturated heterocycles. The van der Waals surface area contributed by atoms with E-state index in [9.17, 15) is 9.59 Å². The molecule has 25 heavy (non-hydrogen) atoms. The van der Waals surface area contributed by atoms with E-state index in [0.717, 1.165) is 18.8 Å². The van der Waals surface area contributed by atoms with E-state index in [-0.39, 0.29) is 18.0 Å². The second-order valence-electron chi connectivity index (χ2n) is 5.58. The summed E-state index contributed by atoms with van der Waals surface area (Å²) in [5.41, 5.74) is 1.63. The van der Waals surface area contributed by atoms with Gasteiger partial charge in [-0.05, 0) is 49.6 Å². The van der Waals surface area contributed by atoms with Crippen molar-refractivity contribution in [1.82, 2.24) is 9.55 Å². The molecule has 7 heteroatoms. The van der Waals surface area contributed by atoms with Gasteiger partial charge in [-0.2, -0.15) is 0 Å². The smallest absolute Gasteiger partial charge is 0.262 e. The molecule has 3 aromatic rings. The van der Waals surface area contributed by atoms with Crippen molar-refractivity contribution in [2.45, 2.75) is 20.4 Å². The van der Waals surface area contributed by atoms with Gasteiger partial charge in [-0.15, -0.1) is 11.3 Å². The number of rotatable bonds is 6. The van der Waals surface area contributed by atoms with Gasteiger partial charge in [0, 0.05) is 24.5 Å². The molecule has 0 fully saturated rings. The molecule has 0 aliphatic heterocycles. The SMILES string of the molecule is CCN(CC)c1ccc(NC(=O)Cn2cnc3sccc3c2=O)cc1. The Morgan fingerprint density at radius 3 is 2.60 bits per heavy atom. The highest BCUT2D eigenvalue weighted by Crippen LogP contribution is 2.18. The number of nitrogens with zero attached hydrogens (tertiary/aromatic N) is 3. The predicted molar refractivity (Wildman–Crippen MR) is 103 cm³/mol. The summed E-state index contributed by atoms with van der Waals surface area (Å²) in [6.45, 7) is 6.02. The summed E-state index contributed by atoms with van der Waals surface area (Å²) in [5.74, 6) is -0.255. The van der Waals surface area contributed by atoms with E-state index in [1.807, 2.05) is 29.6 Å². The zero-order chi connectivity index (χ0) is 17.8. The highest BCUT2D eigenvalue weighted by Gasteiger charge is 2.09. The number of thiophene rings is 1. The molecule has 0 saturated carbocycles. The molecule has 1 N–H and O–H groups in total. The lowest BCUT2D eigenvalue weighted by atomic mass is 10.2. The van der Waals surface area contributed by atoms with Gasteiger partial charge in [-0.1, -0.05) is 0 Å². The lowest BCUT2D eigenvalue weighted by Gasteiger charge is -2.21. The van der Waals surface area contributed by atoms with Gasteiger partial charge in [0.2, 0.25) is 5.91 Å². The number of aromatic nitrogens is 2. The van der Waals surface area contributed by atoms with Gasteiger partial charge in [0.15, 0.2) is 0 Å². The number of amides is 1. The molecule has 0 spiro atoms. The minimum absolute atomic E-state index is 0.0601. The van der Waals surface area contributed by atoms with Crippen LogP contribution in [0.25, 0.3) is 10.2 Å². The summed E-state index contributed by atoms with van der Waals surface area (Å²) < 4.78 is 1.33. The number of carbonyl (C=O) groups is 1. The topological polar surface area (TPSA) is 67.2 Å². The number of hydrogen-bond donors (Lipinski definition) is 1. The van der Waals surface area contributed by atoms with Crippen LogP contribution in [0.15, 0.2) is 46.8 Å². The molecule has 0 aliphatic rings. The summed E-state index contributed by atoms with van der Waals surface area (Å²) in [6, 6.07) is 9.43. The maximum absolute atomic E-state index is 12.3. The monoisotopic (exact) mass is 356 g/mol. The molecule has 130 valence electrons. The normalized spacial score (nSPS) is 10.8. The first-order chi connectivity index (χ1) is 12.1. The molecule has 0 radical (unpaired) electrons. The number of anilines is 2. The van der Waals surface area contributed by atoms with E-state index in [1.165, 1.54) is 22.2 Å². The number of nitrogens with one attached hydrogen (secondary N) is 1. The fraction of sp³-hybridized carbons (Fsp3) is 0.278. The van der Waals surface area contributed by atoms with Gasteiger partial charge in [0.25, 0.3) is 5.56 Å². The summed E-state index contributed by atoms with van der Waals surface area (Å²) >= 11 is 1.41. The van der Waals surface area contributed by atoms with E-state index in [1.54, 1.807) is 6.07 Å². The number of carbonyl (C=O) groups excluding carboxylic acids is 1. The molecule has 0 aliphatic carbocycles. The van der Waals surface area contributed by atoms with Crippen molar-refractivity contribution in [2.24, 2.45) is 0 Å². The molecule has 0 atom stereocenters. The second-order valence-corrected chi connectivity index (χ2v) is 6.48. The lowest BCUT2D eigenvalue weighted by Crippen LogP contribution is -2.27. The van der Waals surface area contributed by atoms with Crippen molar-refractivity contribution in [3.05, 3.63) is 52.4 Å². The number of benzene rings is 1. The molecule has 3 rings (SSSR count). The Balaban J connectivity index is 1.69. The Hall–Kier alpha value is -2.67. The van der Waals surface area contributed by atoms with Crippen LogP contribution in [-0.2, 0) is 11.3 Å². The largest absolute Gasteiger partial charge is 0.372 e. The minimum Gasteiger partial charge on any atom is -0.372 e. The predicted octanol–water partition coefficient (Wildman–Crippen LogP) is 2.94. The lowest BCUT2D eigenvalue weighted by molar-refractivity contribution is -0.116. The minimum atomic E-state index is -0.255. The first kappa shape index (κ1) is 17.2. The summed E-state index contributed by atoms with van der Waals surface area (Å²) in [6.07, 6.45) is 1.42. The Labute approximate surface area is 149 Å². The van der Waals surface area contributed by atoms with Crippen molar-refractivity contribution >= 4 is 38.8 Å². The van der Waals surface area contributed by atoms with Gasteiger partial charge < -0.3 is 10.2 Å². The first-order valence-electron chi connectivity index (χ1n) is 8.20.